The van der Waals surface area contributed by atoms with Crippen LogP contribution in [0.2, 0.25) is 0 Å². The van der Waals surface area contributed by atoms with E-state index in [0.717, 1.165) is 12.8 Å². The molecule has 5 nitrogen and oxygen atoms in total. The molecule has 0 bridgehead atoms. The van der Waals surface area contributed by atoms with Crippen molar-refractivity contribution in [3.63, 3.8) is 0 Å². The summed E-state index contributed by atoms with van der Waals surface area (Å²) in [6, 6.07) is 0.788. The van der Waals surface area contributed by atoms with Crippen LogP contribution < -0.4 is 5.32 Å². The summed E-state index contributed by atoms with van der Waals surface area (Å²) in [5, 5.41) is 11.5. The summed E-state index contributed by atoms with van der Waals surface area (Å²) in [6.45, 7) is 1.73. The minimum Gasteiger partial charge on any atom is -0.480 e. The molecule has 2 N–H and O–H groups in total. The lowest BCUT2D eigenvalue weighted by Crippen LogP contribution is -2.41. The van der Waals surface area contributed by atoms with E-state index in [1.54, 1.807) is 13.0 Å². The maximum atomic E-state index is 11.7. The van der Waals surface area contributed by atoms with Gasteiger partial charge in [-0.25, -0.2) is 4.79 Å². The monoisotopic (exact) mass is 237 g/mol. The van der Waals surface area contributed by atoms with Gasteiger partial charge in [-0.2, -0.15) is 0 Å². The van der Waals surface area contributed by atoms with Gasteiger partial charge in [0.1, 0.15) is 18.1 Å². The quantitative estimate of drug-likeness (QED) is 0.814. The van der Waals surface area contributed by atoms with Crippen LogP contribution in [-0.4, -0.2) is 23.0 Å². The first kappa shape index (κ1) is 11.7. The number of aliphatic carboxylic acids is 1. The zero-order valence-corrected chi connectivity index (χ0v) is 9.60. The van der Waals surface area contributed by atoms with Crippen LogP contribution in [0.5, 0.6) is 0 Å². The number of furan rings is 1. The third-order valence-corrected chi connectivity index (χ3v) is 2.86. The molecule has 92 valence electrons. The minimum absolute atomic E-state index is 0.365. The fraction of sp³-hybridized carbons (Fsp3) is 0.500. The molecule has 1 saturated carbocycles. The third-order valence-electron chi connectivity index (χ3n) is 2.86. The van der Waals surface area contributed by atoms with Crippen LogP contribution in [0.25, 0.3) is 0 Å². The van der Waals surface area contributed by atoms with Gasteiger partial charge in [-0.15, -0.1) is 0 Å². The van der Waals surface area contributed by atoms with Gasteiger partial charge in [0, 0.05) is 0 Å². The van der Waals surface area contributed by atoms with E-state index in [2.05, 4.69) is 5.32 Å². The van der Waals surface area contributed by atoms with Crippen molar-refractivity contribution in [2.45, 2.75) is 32.2 Å². The minimum atomic E-state index is -0.981. The zero-order chi connectivity index (χ0) is 12.4. The van der Waals surface area contributed by atoms with Crippen LogP contribution in [0.15, 0.2) is 16.7 Å². The summed E-state index contributed by atoms with van der Waals surface area (Å²) in [6.07, 6.45) is 3.97. The van der Waals surface area contributed by atoms with Crippen molar-refractivity contribution < 1.29 is 19.1 Å². The zero-order valence-electron chi connectivity index (χ0n) is 9.60. The summed E-state index contributed by atoms with van der Waals surface area (Å²) < 4.78 is 5.01. The predicted molar refractivity (Wildman–Crippen MR) is 59.7 cm³/mol. The molecular formula is C12H15NO4. The van der Waals surface area contributed by atoms with E-state index in [0.29, 0.717) is 23.7 Å². The first-order valence-electron chi connectivity index (χ1n) is 5.65. The molecule has 17 heavy (non-hydrogen) atoms. The van der Waals surface area contributed by atoms with Gasteiger partial charge < -0.3 is 14.8 Å². The molecule has 1 aliphatic carbocycles. The topological polar surface area (TPSA) is 79.5 Å². The molecule has 0 radical (unpaired) electrons. The summed E-state index contributed by atoms with van der Waals surface area (Å²) in [5.41, 5.74) is 0.365. The van der Waals surface area contributed by atoms with E-state index < -0.39 is 17.9 Å². The highest BCUT2D eigenvalue weighted by Crippen LogP contribution is 2.33. The number of carboxylic acid groups (broad SMARTS) is 1. The van der Waals surface area contributed by atoms with Gasteiger partial charge in [-0.05, 0) is 25.3 Å². The van der Waals surface area contributed by atoms with Crippen LogP contribution >= 0.6 is 0 Å². The molecule has 1 atom stereocenters. The average Bonchev–Trinajstić information content (AvgIpc) is 2.97. The van der Waals surface area contributed by atoms with Gasteiger partial charge >= 0.3 is 5.97 Å². The number of carboxylic acids is 1. The van der Waals surface area contributed by atoms with E-state index in [9.17, 15) is 9.59 Å². The summed E-state index contributed by atoms with van der Waals surface area (Å²) in [5.74, 6) is -0.299. The van der Waals surface area contributed by atoms with Crippen molar-refractivity contribution in [1.29, 1.82) is 0 Å². The lowest BCUT2D eigenvalue weighted by atomic mass is 10.1. The maximum absolute atomic E-state index is 11.7. The van der Waals surface area contributed by atoms with Crippen molar-refractivity contribution in [1.82, 2.24) is 5.32 Å². The molecule has 0 spiro atoms. The van der Waals surface area contributed by atoms with Gasteiger partial charge in [-0.1, -0.05) is 12.8 Å². The van der Waals surface area contributed by atoms with Gasteiger partial charge in [0.25, 0.3) is 5.91 Å². The molecule has 0 aromatic carbocycles. The second-order valence-electron chi connectivity index (χ2n) is 4.49. The van der Waals surface area contributed by atoms with E-state index in [4.69, 9.17) is 9.52 Å². The van der Waals surface area contributed by atoms with Crippen molar-refractivity contribution in [3.05, 3.63) is 23.7 Å². The van der Waals surface area contributed by atoms with Gasteiger partial charge in [0.2, 0.25) is 0 Å². The Labute approximate surface area is 98.8 Å². The number of hydrogen-bond donors (Lipinski definition) is 2. The Kier molecular flexibility index (Phi) is 3.17. The number of rotatable bonds is 5. The predicted octanol–water partition coefficient (Wildman–Crippen LogP) is 1.57. The molecule has 1 aromatic rings. The number of carbonyl (C=O) groups is 2. The molecule has 0 saturated heterocycles. The number of aryl methyl sites for hydroxylation is 1. The first-order chi connectivity index (χ1) is 8.06. The normalized spacial score (nSPS) is 16.5. The van der Waals surface area contributed by atoms with Crippen LogP contribution in [0.1, 0.15) is 35.4 Å². The number of nitrogens with one attached hydrogen (secondary N) is 1. The second kappa shape index (κ2) is 4.61. The number of carbonyl (C=O) groups excluding carboxylic acids is 1. The molecule has 1 amide bonds. The van der Waals surface area contributed by atoms with Crippen molar-refractivity contribution in [3.8, 4) is 0 Å². The van der Waals surface area contributed by atoms with Crippen molar-refractivity contribution >= 4 is 11.9 Å². The molecule has 1 heterocycles. The first-order valence-corrected chi connectivity index (χ1v) is 5.65. The second-order valence-corrected chi connectivity index (χ2v) is 4.49. The molecule has 1 unspecified atom stereocenters. The molecular weight excluding hydrogens is 222 g/mol. The van der Waals surface area contributed by atoms with Crippen LogP contribution in [0.3, 0.4) is 0 Å². The SMILES string of the molecule is Cc1cc(C(=O)NC(CC2CC2)C(=O)O)co1. The molecule has 1 fully saturated rings. The molecule has 1 aliphatic rings. The van der Waals surface area contributed by atoms with Gasteiger partial charge in [-0.3, -0.25) is 4.79 Å². The van der Waals surface area contributed by atoms with Crippen LogP contribution in [-0.2, 0) is 4.79 Å². The molecule has 1 aromatic heterocycles. The van der Waals surface area contributed by atoms with Crippen molar-refractivity contribution in [2.75, 3.05) is 0 Å². The van der Waals surface area contributed by atoms with E-state index in [1.807, 2.05) is 0 Å². The number of hydrogen-bond acceptors (Lipinski definition) is 3. The Morgan fingerprint density at radius 1 is 1.59 bits per heavy atom. The van der Waals surface area contributed by atoms with E-state index >= 15 is 0 Å². The average molecular weight is 237 g/mol. The fourth-order valence-electron chi connectivity index (χ4n) is 1.71. The highest BCUT2D eigenvalue weighted by Gasteiger charge is 2.30. The van der Waals surface area contributed by atoms with Crippen LogP contribution in [0.4, 0.5) is 0 Å². The standard InChI is InChI=1S/C12H15NO4/c1-7-4-9(6-17-7)11(14)13-10(12(15)16)5-8-2-3-8/h4,6,8,10H,2-3,5H2,1H3,(H,13,14)(H,15,16). The Morgan fingerprint density at radius 3 is 2.76 bits per heavy atom. The Morgan fingerprint density at radius 2 is 2.29 bits per heavy atom. The Hall–Kier alpha value is -1.78. The van der Waals surface area contributed by atoms with Gasteiger partial charge in [0.15, 0.2) is 0 Å². The summed E-state index contributed by atoms with van der Waals surface area (Å²) >= 11 is 0. The Bertz CT molecular complexity index is 433. The highest BCUT2D eigenvalue weighted by molar-refractivity contribution is 5.96. The largest absolute Gasteiger partial charge is 0.480 e. The van der Waals surface area contributed by atoms with Gasteiger partial charge in [0.05, 0.1) is 5.56 Å². The molecule has 5 heteroatoms. The maximum Gasteiger partial charge on any atom is 0.326 e. The lowest BCUT2D eigenvalue weighted by Gasteiger charge is -2.13. The van der Waals surface area contributed by atoms with Crippen molar-refractivity contribution in [2.24, 2.45) is 5.92 Å². The van der Waals surface area contributed by atoms with E-state index in [1.165, 1.54) is 6.26 Å². The molecule has 2 rings (SSSR count). The Balaban J connectivity index is 1.96. The number of amides is 1. The fourth-order valence-corrected chi connectivity index (χ4v) is 1.71. The lowest BCUT2D eigenvalue weighted by molar-refractivity contribution is -0.139. The van der Waals surface area contributed by atoms with E-state index in [-0.39, 0.29) is 0 Å². The smallest absolute Gasteiger partial charge is 0.326 e. The van der Waals surface area contributed by atoms with Crippen LogP contribution in [0, 0.1) is 12.8 Å². The summed E-state index contributed by atoms with van der Waals surface area (Å²) in [4.78, 5) is 22.7. The molecule has 0 aliphatic heterocycles. The third kappa shape index (κ3) is 3.09. The summed E-state index contributed by atoms with van der Waals surface area (Å²) in [7, 11) is 0. The highest BCUT2D eigenvalue weighted by atomic mass is 16.4.